The molecule has 1 fully saturated rings. The van der Waals surface area contributed by atoms with Gasteiger partial charge in [0.15, 0.2) is 0 Å². The molecule has 0 aromatic heterocycles. The molecule has 0 spiro atoms. The van der Waals surface area contributed by atoms with Crippen molar-refractivity contribution >= 4 is 17.8 Å². The molecule has 1 aliphatic carbocycles. The maximum absolute atomic E-state index is 13.6. The van der Waals surface area contributed by atoms with Crippen LogP contribution in [0, 0.1) is 17.6 Å². The van der Waals surface area contributed by atoms with Crippen molar-refractivity contribution in [3.63, 3.8) is 0 Å². The predicted octanol–water partition coefficient (Wildman–Crippen LogP) is 6.03. The van der Waals surface area contributed by atoms with E-state index < -0.39 is 5.97 Å². The zero-order valence-corrected chi connectivity index (χ0v) is 18.2. The molecule has 0 bridgehead atoms. The Morgan fingerprint density at radius 2 is 1.78 bits per heavy atom. The summed E-state index contributed by atoms with van der Waals surface area (Å²) in [4.78, 5) is 12.1. The van der Waals surface area contributed by atoms with Crippen molar-refractivity contribution in [2.75, 3.05) is 6.61 Å². The first-order valence-electron chi connectivity index (χ1n) is 10.9. The Bertz CT molecular complexity index is 1070. The van der Waals surface area contributed by atoms with Crippen molar-refractivity contribution < 1.29 is 18.3 Å². The summed E-state index contributed by atoms with van der Waals surface area (Å²) in [6.45, 7) is 3.89. The SMILES string of the molecule is CCOC(=O)/C=C(\C)N1N=C2/C(=C\c3ccc(F)cc3)CCC[C@@H]2[C@H]1c1ccc(F)cc1. The van der Waals surface area contributed by atoms with E-state index in [9.17, 15) is 13.6 Å². The Balaban J connectivity index is 1.74. The maximum atomic E-state index is 13.6. The van der Waals surface area contributed by atoms with Gasteiger partial charge < -0.3 is 4.74 Å². The number of carbonyl (C=O) groups excluding carboxylic acids is 1. The lowest BCUT2D eigenvalue weighted by atomic mass is 9.77. The van der Waals surface area contributed by atoms with Gasteiger partial charge in [-0.15, -0.1) is 0 Å². The van der Waals surface area contributed by atoms with E-state index in [2.05, 4.69) is 6.08 Å². The molecule has 0 saturated heterocycles. The van der Waals surface area contributed by atoms with Gasteiger partial charge >= 0.3 is 5.97 Å². The lowest BCUT2D eigenvalue weighted by Gasteiger charge is -2.31. The normalized spacial score (nSPS) is 22.0. The summed E-state index contributed by atoms with van der Waals surface area (Å²) >= 11 is 0. The Kier molecular flexibility index (Phi) is 6.49. The van der Waals surface area contributed by atoms with E-state index in [1.165, 1.54) is 30.3 Å². The summed E-state index contributed by atoms with van der Waals surface area (Å²) in [6, 6.07) is 12.7. The van der Waals surface area contributed by atoms with Crippen LogP contribution < -0.4 is 0 Å². The minimum atomic E-state index is -0.417. The van der Waals surface area contributed by atoms with Crippen molar-refractivity contribution in [1.82, 2.24) is 5.01 Å². The molecule has 1 aliphatic heterocycles. The number of esters is 1. The summed E-state index contributed by atoms with van der Waals surface area (Å²) in [7, 11) is 0. The van der Waals surface area contributed by atoms with Gasteiger partial charge in [-0.2, -0.15) is 5.10 Å². The van der Waals surface area contributed by atoms with Crippen LogP contribution >= 0.6 is 0 Å². The number of hydrogen-bond donors (Lipinski definition) is 0. The van der Waals surface area contributed by atoms with Crippen LogP contribution in [-0.4, -0.2) is 23.3 Å². The molecule has 4 rings (SSSR count). The minimum Gasteiger partial charge on any atom is -0.463 e. The summed E-state index contributed by atoms with van der Waals surface area (Å²) in [5, 5.41) is 6.79. The largest absolute Gasteiger partial charge is 0.463 e. The quantitative estimate of drug-likeness (QED) is 0.425. The fourth-order valence-electron chi connectivity index (χ4n) is 4.47. The zero-order valence-electron chi connectivity index (χ0n) is 18.2. The lowest BCUT2D eigenvalue weighted by molar-refractivity contribution is -0.137. The minimum absolute atomic E-state index is 0.103. The maximum Gasteiger partial charge on any atom is 0.332 e. The highest BCUT2D eigenvalue weighted by Gasteiger charge is 2.41. The molecule has 166 valence electrons. The fourth-order valence-corrected chi connectivity index (χ4v) is 4.47. The van der Waals surface area contributed by atoms with Crippen molar-refractivity contribution in [3.8, 4) is 0 Å². The molecule has 1 saturated carbocycles. The fraction of sp³-hybridized carbons (Fsp3) is 0.308. The molecule has 2 aromatic carbocycles. The molecule has 2 atom stereocenters. The highest BCUT2D eigenvalue weighted by Crippen LogP contribution is 2.45. The Hall–Kier alpha value is -3.28. The van der Waals surface area contributed by atoms with Gasteiger partial charge in [-0.3, -0.25) is 5.01 Å². The van der Waals surface area contributed by atoms with Crippen LogP contribution in [0.25, 0.3) is 6.08 Å². The number of fused-ring (bicyclic) bond motifs is 1. The number of carbonyl (C=O) groups is 1. The van der Waals surface area contributed by atoms with E-state index in [-0.39, 0.29) is 23.6 Å². The molecule has 0 unspecified atom stereocenters. The van der Waals surface area contributed by atoms with Gasteiger partial charge in [0.05, 0.1) is 18.4 Å². The molecule has 0 amide bonds. The first kappa shape index (κ1) is 21.9. The van der Waals surface area contributed by atoms with Gasteiger partial charge in [0.2, 0.25) is 0 Å². The summed E-state index contributed by atoms with van der Waals surface area (Å²) in [5.74, 6) is -0.876. The predicted molar refractivity (Wildman–Crippen MR) is 121 cm³/mol. The summed E-state index contributed by atoms with van der Waals surface area (Å²) in [5.41, 5.74) is 4.59. The van der Waals surface area contributed by atoms with Crippen LogP contribution in [0.1, 0.15) is 50.3 Å². The van der Waals surface area contributed by atoms with Gasteiger partial charge in [0, 0.05) is 17.7 Å². The first-order chi connectivity index (χ1) is 15.5. The number of benzene rings is 2. The number of hydrogen-bond acceptors (Lipinski definition) is 4. The van der Waals surface area contributed by atoms with Gasteiger partial charge in [0.25, 0.3) is 0 Å². The zero-order chi connectivity index (χ0) is 22.7. The van der Waals surface area contributed by atoms with Crippen LogP contribution in [0.2, 0.25) is 0 Å². The van der Waals surface area contributed by atoms with E-state index >= 15 is 0 Å². The molecule has 2 aliphatic rings. The van der Waals surface area contributed by atoms with Crippen LogP contribution in [0.3, 0.4) is 0 Å². The smallest absolute Gasteiger partial charge is 0.332 e. The van der Waals surface area contributed by atoms with Crippen molar-refractivity contribution in [1.29, 1.82) is 0 Å². The molecule has 6 heteroatoms. The monoisotopic (exact) mass is 436 g/mol. The van der Waals surface area contributed by atoms with E-state index in [0.29, 0.717) is 12.3 Å². The number of ether oxygens (including phenoxy) is 1. The average molecular weight is 437 g/mol. The van der Waals surface area contributed by atoms with Gasteiger partial charge in [-0.05, 0) is 80.2 Å². The topological polar surface area (TPSA) is 41.9 Å². The van der Waals surface area contributed by atoms with Crippen molar-refractivity contribution in [3.05, 3.63) is 88.6 Å². The van der Waals surface area contributed by atoms with Crippen LogP contribution in [0.15, 0.2) is 71.0 Å². The Morgan fingerprint density at radius 3 is 2.44 bits per heavy atom. The van der Waals surface area contributed by atoms with Crippen LogP contribution in [-0.2, 0) is 9.53 Å². The molecule has 1 heterocycles. The number of rotatable bonds is 5. The van der Waals surface area contributed by atoms with E-state index in [1.54, 1.807) is 31.2 Å². The Labute approximate surface area is 186 Å². The third-order valence-electron chi connectivity index (χ3n) is 5.90. The molecule has 32 heavy (non-hydrogen) atoms. The second-order valence-electron chi connectivity index (χ2n) is 8.08. The highest BCUT2D eigenvalue weighted by molar-refractivity contribution is 6.07. The third kappa shape index (κ3) is 4.64. The molecule has 0 N–H and O–H groups in total. The number of allylic oxidation sites excluding steroid dienone is 2. The van der Waals surface area contributed by atoms with E-state index in [1.807, 2.05) is 11.9 Å². The second-order valence-corrected chi connectivity index (χ2v) is 8.08. The average Bonchev–Trinajstić information content (AvgIpc) is 3.17. The Morgan fingerprint density at radius 1 is 1.12 bits per heavy atom. The number of nitrogens with zero attached hydrogens (tertiary/aromatic N) is 2. The van der Waals surface area contributed by atoms with Gasteiger partial charge in [-0.25, -0.2) is 13.6 Å². The van der Waals surface area contributed by atoms with E-state index in [0.717, 1.165) is 41.7 Å². The molecule has 0 radical (unpaired) electrons. The summed E-state index contributed by atoms with van der Waals surface area (Å²) < 4.78 is 32.0. The molecular weight excluding hydrogens is 410 g/mol. The third-order valence-corrected chi connectivity index (χ3v) is 5.90. The lowest BCUT2D eigenvalue weighted by Crippen LogP contribution is -2.27. The summed E-state index contributed by atoms with van der Waals surface area (Å²) in [6.07, 6.45) is 6.30. The van der Waals surface area contributed by atoms with Crippen LogP contribution in [0.4, 0.5) is 8.78 Å². The van der Waals surface area contributed by atoms with Crippen LogP contribution in [0.5, 0.6) is 0 Å². The number of hydrazone groups is 1. The van der Waals surface area contributed by atoms with Crippen molar-refractivity contribution in [2.24, 2.45) is 11.0 Å². The van der Waals surface area contributed by atoms with Crippen molar-refractivity contribution in [2.45, 2.75) is 39.2 Å². The standard InChI is InChI=1S/C26H26F2N2O2/c1-3-32-24(31)15-17(2)30-26(19-9-13-22(28)14-10-19)23-6-4-5-20(25(23)29-30)16-18-7-11-21(27)12-8-18/h7-16,23,26H,3-6H2,1-2H3/b17-15+,20-16-/t23-,26+/m0/s1. The molecule has 2 aromatic rings. The molecular formula is C26H26F2N2O2. The van der Waals surface area contributed by atoms with E-state index in [4.69, 9.17) is 9.84 Å². The number of halogens is 2. The molecule has 4 nitrogen and oxygen atoms in total. The van der Waals surface area contributed by atoms with Gasteiger partial charge in [0.1, 0.15) is 11.6 Å². The van der Waals surface area contributed by atoms with Gasteiger partial charge in [-0.1, -0.05) is 24.3 Å². The second kappa shape index (κ2) is 9.47. The first-order valence-corrected chi connectivity index (χ1v) is 10.9. The highest BCUT2D eigenvalue weighted by atomic mass is 19.1.